The number of hydrogen-bond acceptors (Lipinski definition) is 4. The summed E-state index contributed by atoms with van der Waals surface area (Å²) in [5.41, 5.74) is 2.80. The lowest BCUT2D eigenvalue weighted by Gasteiger charge is -2.21. The standard InChI is InChI=1S/C26H23N5O3/c1-26(24(33)29-25(34)30-26)17-8-7-9-18(16-17)27-23(32)15-14-22-28-20-12-5-6-13-21(20)31(22)19-10-3-2-4-11-19/h2-13,16H,14-15H2,1H3,(H,27,32)(H2,29,30,33,34). The Balaban J connectivity index is 1.34. The number of benzene rings is 3. The summed E-state index contributed by atoms with van der Waals surface area (Å²) in [6.07, 6.45) is 0.681. The number of fused-ring (bicyclic) bond motifs is 1. The van der Waals surface area contributed by atoms with Gasteiger partial charge in [-0.15, -0.1) is 0 Å². The number of rotatable bonds is 6. The number of anilines is 1. The summed E-state index contributed by atoms with van der Waals surface area (Å²) in [6.45, 7) is 1.63. The van der Waals surface area contributed by atoms with Crippen LogP contribution in [0.3, 0.4) is 0 Å². The number of amides is 4. The molecule has 0 aliphatic carbocycles. The first-order valence-electron chi connectivity index (χ1n) is 11.0. The monoisotopic (exact) mass is 453 g/mol. The van der Waals surface area contributed by atoms with Gasteiger partial charge in [-0.25, -0.2) is 9.78 Å². The van der Waals surface area contributed by atoms with Crippen molar-refractivity contribution in [2.24, 2.45) is 0 Å². The highest BCUT2D eigenvalue weighted by atomic mass is 16.2. The summed E-state index contributed by atoms with van der Waals surface area (Å²) in [5.74, 6) is 0.198. The van der Waals surface area contributed by atoms with Crippen LogP contribution in [0.25, 0.3) is 16.7 Å². The molecule has 0 radical (unpaired) electrons. The van der Waals surface area contributed by atoms with Crippen molar-refractivity contribution in [1.82, 2.24) is 20.2 Å². The summed E-state index contributed by atoms with van der Waals surface area (Å²) < 4.78 is 2.07. The number of nitrogens with zero attached hydrogens (tertiary/aromatic N) is 2. The van der Waals surface area contributed by atoms with Crippen LogP contribution in [0.4, 0.5) is 10.5 Å². The molecule has 1 aliphatic heterocycles. The molecule has 1 fully saturated rings. The fourth-order valence-electron chi connectivity index (χ4n) is 4.21. The molecule has 1 atom stereocenters. The molecule has 34 heavy (non-hydrogen) atoms. The molecule has 1 aliphatic rings. The fraction of sp³-hybridized carbons (Fsp3) is 0.154. The van der Waals surface area contributed by atoms with Crippen LogP contribution in [0.1, 0.15) is 24.7 Å². The number of imide groups is 1. The van der Waals surface area contributed by atoms with Gasteiger partial charge in [-0.3, -0.25) is 19.5 Å². The van der Waals surface area contributed by atoms with E-state index < -0.39 is 17.5 Å². The summed E-state index contributed by atoms with van der Waals surface area (Å²) in [5, 5.41) is 7.78. The number of para-hydroxylation sites is 3. The van der Waals surface area contributed by atoms with Crippen molar-refractivity contribution >= 4 is 34.6 Å². The van der Waals surface area contributed by atoms with Crippen LogP contribution in [0, 0.1) is 0 Å². The molecule has 3 aromatic carbocycles. The lowest BCUT2D eigenvalue weighted by Crippen LogP contribution is -2.40. The Morgan fingerprint density at radius 3 is 2.53 bits per heavy atom. The molecule has 3 N–H and O–H groups in total. The SMILES string of the molecule is CC1(c2cccc(NC(=O)CCc3nc4ccccc4n3-c3ccccc3)c2)NC(=O)NC1=O. The van der Waals surface area contributed by atoms with Crippen LogP contribution in [-0.4, -0.2) is 27.4 Å². The first-order chi connectivity index (χ1) is 16.4. The van der Waals surface area contributed by atoms with Crippen LogP contribution >= 0.6 is 0 Å². The molecular weight excluding hydrogens is 430 g/mol. The van der Waals surface area contributed by atoms with Crippen molar-refractivity contribution in [3.05, 3.63) is 90.3 Å². The van der Waals surface area contributed by atoms with E-state index in [0.717, 1.165) is 22.5 Å². The fourth-order valence-corrected chi connectivity index (χ4v) is 4.21. The quantitative estimate of drug-likeness (QED) is 0.388. The maximum Gasteiger partial charge on any atom is 0.322 e. The molecule has 170 valence electrons. The van der Waals surface area contributed by atoms with Gasteiger partial charge in [0.2, 0.25) is 5.91 Å². The Morgan fingerprint density at radius 2 is 1.76 bits per heavy atom. The molecule has 1 aromatic heterocycles. The average molecular weight is 454 g/mol. The average Bonchev–Trinajstić information content (AvgIpc) is 3.34. The molecule has 0 spiro atoms. The van der Waals surface area contributed by atoms with E-state index in [1.54, 1.807) is 31.2 Å². The molecule has 4 amide bonds. The summed E-state index contributed by atoms with van der Waals surface area (Å²) in [7, 11) is 0. The first kappa shape index (κ1) is 21.4. The van der Waals surface area contributed by atoms with Crippen LogP contribution in [0.5, 0.6) is 0 Å². The van der Waals surface area contributed by atoms with Crippen LogP contribution < -0.4 is 16.0 Å². The second-order valence-corrected chi connectivity index (χ2v) is 8.35. The van der Waals surface area contributed by atoms with Crippen molar-refractivity contribution in [2.75, 3.05) is 5.32 Å². The van der Waals surface area contributed by atoms with Gasteiger partial charge in [-0.05, 0) is 48.9 Å². The summed E-state index contributed by atoms with van der Waals surface area (Å²) in [4.78, 5) is 41.4. The van der Waals surface area contributed by atoms with Gasteiger partial charge in [-0.1, -0.05) is 42.5 Å². The zero-order chi connectivity index (χ0) is 23.7. The highest BCUT2D eigenvalue weighted by Crippen LogP contribution is 2.27. The molecule has 4 aromatic rings. The number of carbonyl (C=O) groups is 3. The van der Waals surface area contributed by atoms with Crippen LogP contribution in [0.15, 0.2) is 78.9 Å². The zero-order valence-corrected chi connectivity index (χ0v) is 18.5. The minimum atomic E-state index is -1.18. The number of carbonyl (C=O) groups excluding carboxylic acids is 3. The highest BCUT2D eigenvalue weighted by molar-refractivity contribution is 6.07. The molecular formula is C26H23N5O3. The predicted molar refractivity (Wildman–Crippen MR) is 128 cm³/mol. The Kier molecular flexibility index (Phi) is 5.33. The predicted octanol–water partition coefficient (Wildman–Crippen LogP) is 3.65. The number of urea groups is 1. The number of aromatic nitrogens is 2. The minimum absolute atomic E-state index is 0.172. The molecule has 0 bridgehead atoms. The lowest BCUT2D eigenvalue weighted by atomic mass is 9.92. The van der Waals surface area contributed by atoms with Gasteiger partial charge in [-0.2, -0.15) is 0 Å². The molecule has 1 saturated heterocycles. The van der Waals surface area contributed by atoms with E-state index in [1.807, 2.05) is 54.6 Å². The van der Waals surface area contributed by atoms with E-state index in [2.05, 4.69) is 20.5 Å². The Morgan fingerprint density at radius 1 is 1.00 bits per heavy atom. The van der Waals surface area contributed by atoms with E-state index in [9.17, 15) is 14.4 Å². The van der Waals surface area contributed by atoms with Crippen LogP contribution in [-0.2, 0) is 21.5 Å². The third-order valence-electron chi connectivity index (χ3n) is 5.99. The number of imidazole rings is 1. The molecule has 8 nitrogen and oxygen atoms in total. The summed E-state index contributed by atoms with van der Waals surface area (Å²) in [6, 6.07) is 24.2. The smallest absolute Gasteiger partial charge is 0.322 e. The van der Waals surface area contributed by atoms with E-state index in [1.165, 1.54) is 0 Å². The van der Waals surface area contributed by atoms with Crippen molar-refractivity contribution < 1.29 is 14.4 Å². The zero-order valence-electron chi connectivity index (χ0n) is 18.5. The molecule has 1 unspecified atom stereocenters. The van der Waals surface area contributed by atoms with Gasteiger partial charge in [0.15, 0.2) is 0 Å². The Bertz CT molecular complexity index is 1410. The van der Waals surface area contributed by atoms with Gasteiger partial charge in [0, 0.05) is 24.2 Å². The number of aryl methyl sites for hydroxylation is 1. The molecule has 8 heteroatoms. The first-order valence-corrected chi connectivity index (χ1v) is 11.0. The van der Waals surface area contributed by atoms with E-state index in [-0.39, 0.29) is 12.3 Å². The van der Waals surface area contributed by atoms with Crippen molar-refractivity contribution in [3.8, 4) is 5.69 Å². The van der Waals surface area contributed by atoms with Gasteiger partial charge in [0.05, 0.1) is 11.0 Å². The second-order valence-electron chi connectivity index (χ2n) is 8.35. The van der Waals surface area contributed by atoms with E-state index >= 15 is 0 Å². The van der Waals surface area contributed by atoms with Crippen LogP contribution in [0.2, 0.25) is 0 Å². The second kappa shape index (κ2) is 8.47. The Hall–Kier alpha value is -4.46. The van der Waals surface area contributed by atoms with Crippen molar-refractivity contribution in [1.29, 1.82) is 0 Å². The number of hydrogen-bond donors (Lipinski definition) is 3. The van der Waals surface area contributed by atoms with E-state index in [4.69, 9.17) is 4.98 Å². The normalized spacial score (nSPS) is 17.4. The van der Waals surface area contributed by atoms with Gasteiger partial charge in [0.1, 0.15) is 11.4 Å². The maximum atomic E-state index is 12.8. The minimum Gasteiger partial charge on any atom is -0.326 e. The molecule has 0 saturated carbocycles. The molecule has 5 rings (SSSR count). The maximum absolute atomic E-state index is 12.8. The Labute approximate surface area is 196 Å². The van der Waals surface area contributed by atoms with Gasteiger partial charge < -0.3 is 10.6 Å². The molecule has 2 heterocycles. The van der Waals surface area contributed by atoms with Gasteiger partial charge in [0.25, 0.3) is 5.91 Å². The number of nitrogens with one attached hydrogen (secondary N) is 3. The summed E-state index contributed by atoms with van der Waals surface area (Å²) >= 11 is 0. The third kappa shape index (κ3) is 3.90. The van der Waals surface area contributed by atoms with Crippen molar-refractivity contribution in [3.63, 3.8) is 0 Å². The lowest BCUT2D eigenvalue weighted by molar-refractivity contribution is -0.123. The highest BCUT2D eigenvalue weighted by Gasteiger charge is 2.43. The van der Waals surface area contributed by atoms with E-state index in [0.29, 0.717) is 17.7 Å². The topological polar surface area (TPSA) is 105 Å². The third-order valence-corrected chi connectivity index (χ3v) is 5.99. The largest absolute Gasteiger partial charge is 0.326 e. The van der Waals surface area contributed by atoms with Crippen molar-refractivity contribution in [2.45, 2.75) is 25.3 Å². The van der Waals surface area contributed by atoms with Gasteiger partial charge >= 0.3 is 6.03 Å².